The number of ether oxygens (including phenoxy) is 2. The molecule has 0 heterocycles. The number of aryl methyl sites for hydroxylation is 2. The highest BCUT2D eigenvalue weighted by molar-refractivity contribution is 7.89. The van der Waals surface area contributed by atoms with Gasteiger partial charge in [-0.05, 0) is 49.7 Å². The van der Waals surface area contributed by atoms with Crippen molar-refractivity contribution >= 4 is 15.9 Å². The van der Waals surface area contributed by atoms with Gasteiger partial charge in [-0.3, -0.25) is 4.79 Å². The molecule has 8 heteroatoms. The first-order valence-electron chi connectivity index (χ1n) is 8.82. The number of rotatable bonds is 9. The zero-order chi connectivity index (χ0) is 20.7. The largest absolute Gasteiger partial charge is 0.492 e. The normalized spacial score (nSPS) is 11.3. The molecule has 0 spiro atoms. The third kappa shape index (κ3) is 5.97. The van der Waals surface area contributed by atoms with Gasteiger partial charge in [0.25, 0.3) is 5.91 Å². The number of benzene rings is 2. The first-order chi connectivity index (χ1) is 13.2. The Morgan fingerprint density at radius 3 is 2.32 bits per heavy atom. The van der Waals surface area contributed by atoms with E-state index in [0.717, 1.165) is 15.4 Å². The summed E-state index contributed by atoms with van der Waals surface area (Å²) < 4.78 is 36.2. The van der Waals surface area contributed by atoms with E-state index < -0.39 is 10.0 Å². The van der Waals surface area contributed by atoms with Crippen LogP contribution in [0.5, 0.6) is 11.5 Å². The van der Waals surface area contributed by atoms with E-state index in [4.69, 9.17) is 9.47 Å². The average molecular weight is 407 g/mol. The van der Waals surface area contributed by atoms with Crippen molar-refractivity contribution in [3.63, 3.8) is 0 Å². The summed E-state index contributed by atoms with van der Waals surface area (Å²) in [5, 5.41) is 2.71. The minimum absolute atomic E-state index is 0.0685. The molecule has 0 aromatic heterocycles. The molecule has 2 aromatic carbocycles. The van der Waals surface area contributed by atoms with E-state index in [1.54, 1.807) is 12.1 Å². The smallest absolute Gasteiger partial charge is 0.258 e. The molecular weight excluding hydrogens is 380 g/mol. The Kier molecular flexibility index (Phi) is 7.42. The fourth-order valence-corrected chi connectivity index (χ4v) is 3.34. The summed E-state index contributed by atoms with van der Waals surface area (Å²) in [6.45, 7) is 4.43. The van der Waals surface area contributed by atoms with Gasteiger partial charge >= 0.3 is 0 Å². The quantitative estimate of drug-likeness (QED) is 0.645. The average Bonchev–Trinajstić information content (AvgIpc) is 2.65. The van der Waals surface area contributed by atoms with Crippen LogP contribution in [0.15, 0.2) is 47.4 Å². The Labute approximate surface area is 166 Å². The second-order valence-corrected chi connectivity index (χ2v) is 8.67. The molecule has 2 rings (SSSR count). The summed E-state index contributed by atoms with van der Waals surface area (Å²) in [6.07, 6.45) is 0. The highest BCUT2D eigenvalue weighted by atomic mass is 32.2. The van der Waals surface area contributed by atoms with Gasteiger partial charge in [0, 0.05) is 14.1 Å². The standard InChI is InChI=1S/C20H26N2O5S/c1-15-5-10-19(16(2)13-15)27-14-20(23)21-11-12-26-17-6-8-18(9-7-17)28(24,25)22(3)4/h5-10,13H,11-12,14H2,1-4H3,(H,21,23). The van der Waals surface area contributed by atoms with Crippen LogP contribution in [0.4, 0.5) is 0 Å². The maximum atomic E-state index is 12.0. The molecule has 0 aliphatic rings. The van der Waals surface area contributed by atoms with Crippen molar-refractivity contribution in [3.05, 3.63) is 53.6 Å². The van der Waals surface area contributed by atoms with Crippen molar-refractivity contribution in [1.82, 2.24) is 9.62 Å². The van der Waals surface area contributed by atoms with Crippen LogP contribution in [-0.2, 0) is 14.8 Å². The number of hydrogen-bond acceptors (Lipinski definition) is 5. The van der Waals surface area contributed by atoms with Crippen molar-refractivity contribution in [2.24, 2.45) is 0 Å². The lowest BCUT2D eigenvalue weighted by atomic mass is 10.1. The van der Waals surface area contributed by atoms with Crippen LogP contribution < -0.4 is 14.8 Å². The maximum Gasteiger partial charge on any atom is 0.258 e. The Bertz CT molecular complexity index is 909. The third-order valence-corrected chi connectivity index (χ3v) is 5.81. The van der Waals surface area contributed by atoms with Crippen molar-refractivity contribution in [3.8, 4) is 11.5 Å². The molecule has 0 unspecified atom stereocenters. The molecule has 0 radical (unpaired) electrons. The summed E-state index contributed by atoms with van der Waals surface area (Å²) in [4.78, 5) is 12.1. The summed E-state index contributed by atoms with van der Waals surface area (Å²) >= 11 is 0. The summed E-state index contributed by atoms with van der Waals surface area (Å²) in [5.41, 5.74) is 2.12. The monoisotopic (exact) mass is 406 g/mol. The highest BCUT2D eigenvalue weighted by Gasteiger charge is 2.16. The van der Waals surface area contributed by atoms with Crippen molar-refractivity contribution in [2.45, 2.75) is 18.7 Å². The van der Waals surface area contributed by atoms with Gasteiger partial charge in [-0.2, -0.15) is 0 Å². The number of sulfonamides is 1. The van der Waals surface area contributed by atoms with E-state index in [9.17, 15) is 13.2 Å². The molecule has 152 valence electrons. The molecule has 0 saturated heterocycles. The number of carbonyl (C=O) groups excluding carboxylic acids is 1. The van der Waals surface area contributed by atoms with E-state index in [2.05, 4.69) is 5.32 Å². The maximum absolute atomic E-state index is 12.0. The lowest BCUT2D eigenvalue weighted by Crippen LogP contribution is -2.32. The minimum atomic E-state index is -3.46. The topological polar surface area (TPSA) is 84.9 Å². The highest BCUT2D eigenvalue weighted by Crippen LogP contribution is 2.19. The van der Waals surface area contributed by atoms with Crippen molar-refractivity contribution in [1.29, 1.82) is 0 Å². The second kappa shape index (κ2) is 9.57. The first-order valence-corrected chi connectivity index (χ1v) is 10.3. The van der Waals surface area contributed by atoms with Crippen LogP contribution >= 0.6 is 0 Å². The molecule has 0 bridgehead atoms. The lowest BCUT2D eigenvalue weighted by Gasteiger charge is -2.12. The SMILES string of the molecule is Cc1ccc(OCC(=O)NCCOc2ccc(S(=O)(=O)N(C)C)cc2)c(C)c1. The number of hydrogen-bond donors (Lipinski definition) is 1. The first kappa shape index (κ1) is 21.7. The zero-order valence-corrected chi connectivity index (χ0v) is 17.4. The van der Waals surface area contributed by atoms with Crippen LogP contribution in [0, 0.1) is 13.8 Å². The van der Waals surface area contributed by atoms with E-state index in [0.29, 0.717) is 18.0 Å². The molecule has 0 aliphatic heterocycles. The lowest BCUT2D eigenvalue weighted by molar-refractivity contribution is -0.123. The molecule has 0 fully saturated rings. The third-order valence-electron chi connectivity index (χ3n) is 3.98. The molecule has 0 atom stereocenters. The van der Waals surface area contributed by atoms with Gasteiger partial charge in [0.2, 0.25) is 10.0 Å². The predicted molar refractivity (Wildman–Crippen MR) is 107 cm³/mol. The van der Waals surface area contributed by atoms with Gasteiger partial charge in [-0.1, -0.05) is 17.7 Å². The van der Waals surface area contributed by atoms with Gasteiger partial charge in [-0.25, -0.2) is 12.7 Å². The molecule has 7 nitrogen and oxygen atoms in total. The Morgan fingerprint density at radius 2 is 1.71 bits per heavy atom. The molecular formula is C20H26N2O5S. The number of nitrogens with zero attached hydrogens (tertiary/aromatic N) is 1. The molecule has 0 saturated carbocycles. The van der Waals surface area contributed by atoms with E-state index in [1.165, 1.54) is 26.2 Å². The molecule has 1 amide bonds. The fourth-order valence-electron chi connectivity index (χ4n) is 2.43. The summed E-state index contributed by atoms with van der Waals surface area (Å²) in [6, 6.07) is 11.9. The van der Waals surface area contributed by atoms with Crippen LogP contribution in [0.2, 0.25) is 0 Å². The number of amides is 1. The second-order valence-electron chi connectivity index (χ2n) is 6.51. The summed E-state index contributed by atoms with van der Waals surface area (Å²) in [5.74, 6) is 0.972. The van der Waals surface area contributed by atoms with Gasteiger partial charge in [0.15, 0.2) is 6.61 Å². The molecule has 28 heavy (non-hydrogen) atoms. The van der Waals surface area contributed by atoms with E-state index >= 15 is 0 Å². The van der Waals surface area contributed by atoms with Crippen LogP contribution in [-0.4, -0.2) is 52.5 Å². The number of nitrogens with one attached hydrogen (secondary N) is 1. The summed E-state index contributed by atoms with van der Waals surface area (Å²) in [7, 11) is -0.501. The minimum Gasteiger partial charge on any atom is -0.492 e. The van der Waals surface area contributed by atoms with E-state index in [1.807, 2.05) is 32.0 Å². The Balaban J connectivity index is 1.73. The Morgan fingerprint density at radius 1 is 1.04 bits per heavy atom. The molecule has 2 aromatic rings. The number of carbonyl (C=O) groups is 1. The molecule has 1 N–H and O–H groups in total. The van der Waals surface area contributed by atoms with Crippen molar-refractivity contribution in [2.75, 3.05) is 33.9 Å². The predicted octanol–water partition coefficient (Wildman–Crippen LogP) is 2.13. The van der Waals surface area contributed by atoms with E-state index in [-0.39, 0.29) is 24.0 Å². The van der Waals surface area contributed by atoms with Crippen LogP contribution in [0.25, 0.3) is 0 Å². The van der Waals surface area contributed by atoms with Gasteiger partial charge < -0.3 is 14.8 Å². The van der Waals surface area contributed by atoms with Gasteiger partial charge in [-0.15, -0.1) is 0 Å². The van der Waals surface area contributed by atoms with Crippen molar-refractivity contribution < 1.29 is 22.7 Å². The van der Waals surface area contributed by atoms with Gasteiger partial charge in [0.1, 0.15) is 18.1 Å². The van der Waals surface area contributed by atoms with Gasteiger partial charge in [0.05, 0.1) is 11.4 Å². The fraction of sp³-hybridized carbons (Fsp3) is 0.350. The Hall–Kier alpha value is -2.58. The molecule has 0 aliphatic carbocycles. The van der Waals surface area contributed by atoms with Crippen LogP contribution in [0.1, 0.15) is 11.1 Å². The van der Waals surface area contributed by atoms with Crippen LogP contribution in [0.3, 0.4) is 0 Å². The zero-order valence-electron chi connectivity index (χ0n) is 16.6.